The fourth-order valence-corrected chi connectivity index (χ4v) is 2.17. The minimum Gasteiger partial charge on any atom is -0.0990 e. The predicted octanol–water partition coefficient (Wildman–Crippen LogP) is 4.36. The molecule has 1 aliphatic carbocycles. The molecule has 1 atom stereocenters. The summed E-state index contributed by atoms with van der Waals surface area (Å²) in [4.78, 5) is 0. The van der Waals surface area contributed by atoms with E-state index in [1.165, 1.54) is 22.3 Å². The van der Waals surface area contributed by atoms with Crippen molar-refractivity contribution in [2.75, 3.05) is 0 Å². The van der Waals surface area contributed by atoms with Gasteiger partial charge in [0.2, 0.25) is 0 Å². The van der Waals surface area contributed by atoms with E-state index in [-0.39, 0.29) is 0 Å². The first-order valence-corrected chi connectivity index (χ1v) is 5.19. The Morgan fingerprint density at radius 1 is 1.13 bits per heavy atom. The zero-order valence-corrected chi connectivity index (χ0v) is 9.59. The summed E-state index contributed by atoms with van der Waals surface area (Å²) in [6.07, 6.45) is 9.84. The molecule has 1 rings (SSSR count). The van der Waals surface area contributed by atoms with Crippen molar-refractivity contribution in [2.24, 2.45) is 5.92 Å². The SMILES string of the molecule is C=C/C=C1/C(C=C)=C(C=C)C(C)/C1=C/C. The van der Waals surface area contributed by atoms with Gasteiger partial charge in [0, 0.05) is 5.92 Å². The molecule has 0 aromatic heterocycles. The van der Waals surface area contributed by atoms with Crippen LogP contribution in [0.15, 0.2) is 72.4 Å². The van der Waals surface area contributed by atoms with Crippen molar-refractivity contribution in [3.8, 4) is 0 Å². The summed E-state index contributed by atoms with van der Waals surface area (Å²) in [5, 5.41) is 0. The molecule has 1 aliphatic rings. The molecule has 0 aliphatic heterocycles. The number of rotatable bonds is 3. The van der Waals surface area contributed by atoms with E-state index in [0.717, 1.165) is 0 Å². The molecule has 0 saturated heterocycles. The molecule has 0 aromatic rings. The van der Waals surface area contributed by atoms with Crippen molar-refractivity contribution in [1.29, 1.82) is 0 Å². The molecule has 0 aromatic carbocycles. The van der Waals surface area contributed by atoms with Crippen molar-refractivity contribution in [2.45, 2.75) is 13.8 Å². The van der Waals surface area contributed by atoms with Crippen LogP contribution in [0.1, 0.15) is 13.8 Å². The van der Waals surface area contributed by atoms with E-state index in [9.17, 15) is 0 Å². The fraction of sp³-hybridized carbons (Fsp3) is 0.200. The molecule has 0 heterocycles. The summed E-state index contributed by atoms with van der Waals surface area (Å²) in [6.45, 7) is 15.7. The van der Waals surface area contributed by atoms with E-state index in [1.807, 2.05) is 24.3 Å². The third-order valence-corrected chi connectivity index (χ3v) is 2.86. The van der Waals surface area contributed by atoms with E-state index < -0.39 is 0 Å². The number of hydrogen-bond donors (Lipinski definition) is 0. The van der Waals surface area contributed by atoms with Crippen LogP contribution >= 0.6 is 0 Å². The molecule has 1 unspecified atom stereocenters. The maximum atomic E-state index is 3.87. The van der Waals surface area contributed by atoms with Gasteiger partial charge in [-0.1, -0.05) is 57.0 Å². The largest absolute Gasteiger partial charge is 0.0990 e. The Labute approximate surface area is 92.7 Å². The molecule has 0 amide bonds. The van der Waals surface area contributed by atoms with Crippen molar-refractivity contribution < 1.29 is 0 Å². The van der Waals surface area contributed by atoms with E-state index in [1.54, 1.807) is 0 Å². The highest BCUT2D eigenvalue weighted by Gasteiger charge is 2.26. The van der Waals surface area contributed by atoms with Gasteiger partial charge in [0.1, 0.15) is 0 Å². The third kappa shape index (κ3) is 1.80. The highest BCUT2D eigenvalue weighted by atomic mass is 14.3. The fourth-order valence-electron chi connectivity index (χ4n) is 2.17. The Balaban J connectivity index is 3.42. The van der Waals surface area contributed by atoms with Crippen LogP contribution in [0, 0.1) is 5.92 Å². The van der Waals surface area contributed by atoms with Crippen LogP contribution in [0.5, 0.6) is 0 Å². The zero-order valence-electron chi connectivity index (χ0n) is 9.59. The molecule has 0 bridgehead atoms. The first kappa shape index (κ1) is 11.5. The Bertz CT molecular complexity index is 386. The highest BCUT2D eigenvalue weighted by molar-refractivity contribution is 5.65. The monoisotopic (exact) mass is 198 g/mol. The van der Waals surface area contributed by atoms with Gasteiger partial charge in [0.05, 0.1) is 0 Å². The molecule has 0 heteroatoms. The van der Waals surface area contributed by atoms with Gasteiger partial charge in [-0.25, -0.2) is 0 Å². The molecule has 0 fully saturated rings. The summed E-state index contributed by atoms with van der Waals surface area (Å²) in [5.74, 6) is 0.409. The quantitative estimate of drug-likeness (QED) is 0.632. The standard InChI is InChI=1S/C15H18/c1-6-10-15-13(8-3)11(5)12(7-2)14(15)9-4/h6-11H,1-2,4H2,3,5H3/b13-8-,15-10+. The molecule has 0 spiro atoms. The van der Waals surface area contributed by atoms with Gasteiger partial charge < -0.3 is 0 Å². The van der Waals surface area contributed by atoms with Gasteiger partial charge in [0.15, 0.2) is 0 Å². The maximum Gasteiger partial charge on any atom is 0.00698 e. The van der Waals surface area contributed by atoms with Crippen LogP contribution in [-0.4, -0.2) is 0 Å². The van der Waals surface area contributed by atoms with E-state index in [0.29, 0.717) is 5.92 Å². The van der Waals surface area contributed by atoms with E-state index in [2.05, 4.69) is 39.7 Å². The summed E-state index contributed by atoms with van der Waals surface area (Å²) in [6, 6.07) is 0. The molecular formula is C15H18. The predicted molar refractivity (Wildman–Crippen MR) is 68.6 cm³/mol. The van der Waals surface area contributed by atoms with Crippen molar-refractivity contribution in [3.63, 3.8) is 0 Å². The van der Waals surface area contributed by atoms with Crippen LogP contribution in [0.4, 0.5) is 0 Å². The Morgan fingerprint density at radius 2 is 1.80 bits per heavy atom. The lowest BCUT2D eigenvalue weighted by Gasteiger charge is -2.07. The summed E-state index contributed by atoms with van der Waals surface area (Å²) < 4.78 is 0. The van der Waals surface area contributed by atoms with Crippen LogP contribution in [0.2, 0.25) is 0 Å². The minimum atomic E-state index is 0.409. The van der Waals surface area contributed by atoms with Gasteiger partial charge in [-0.3, -0.25) is 0 Å². The van der Waals surface area contributed by atoms with Crippen LogP contribution < -0.4 is 0 Å². The topological polar surface area (TPSA) is 0 Å². The van der Waals surface area contributed by atoms with Crippen LogP contribution in [0.25, 0.3) is 0 Å². The van der Waals surface area contributed by atoms with Crippen molar-refractivity contribution >= 4 is 0 Å². The second-order valence-electron chi connectivity index (χ2n) is 3.56. The zero-order chi connectivity index (χ0) is 11.4. The first-order chi connectivity index (χ1) is 7.21. The molecular weight excluding hydrogens is 180 g/mol. The summed E-state index contributed by atoms with van der Waals surface area (Å²) >= 11 is 0. The third-order valence-electron chi connectivity index (χ3n) is 2.86. The Kier molecular flexibility index (Phi) is 3.68. The Hall–Kier alpha value is -1.56. The summed E-state index contributed by atoms with van der Waals surface area (Å²) in [7, 11) is 0. The lowest BCUT2D eigenvalue weighted by atomic mass is 9.97. The first-order valence-electron chi connectivity index (χ1n) is 5.19. The lowest BCUT2D eigenvalue weighted by molar-refractivity contribution is 0.867. The van der Waals surface area contributed by atoms with Gasteiger partial charge in [-0.05, 0) is 29.2 Å². The maximum absolute atomic E-state index is 3.87. The van der Waals surface area contributed by atoms with Crippen LogP contribution in [-0.2, 0) is 0 Å². The van der Waals surface area contributed by atoms with Gasteiger partial charge in [-0.15, -0.1) is 0 Å². The van der Waals surface area contributed by atoms with Crippen LogP contribution in [0.3, 0.4) is 0 Å². The van der Waals surface area contributed by atoms with Crippen molar-refractivity contribution in [1.82, 2.24) is 0 Å². The molecule has 0 radical (unpaired) electrons. The van der Waals surface area contributed by atoms with Crippen molar-refractivity contribution in [3.05, 3.63) is 72.4 Å². The molecule has 15 heavy (non-hydrogen) atoms. The van der Waals surface area contributed by atoms with E-state index >= 15 is 0 Å². The lowest BCUT2D eigenvalue weighted by Crippen LogP contribution is -1.94. The van der Waals surface area contributed by atoms with Gasteiger partial charge >= 0.3 is 0 Å². The normalized spacial score (nSPS) is 26.1. The smallest absolute Gasteiger partial charge is 0.00698 e. The minimum absolute atomic E-state index is 0.409. The number of allylic oxidation sites excluding steroid dienone is 9. The van der Waals surface area contributed by atoms with E-state index in [4.69, 9.17) is 0 Å². The average Bonchev–Trinajstić information content (AvgIpc) is 2.50. The summed E-state index contributed by atoms with van der Waals surface area (Å²) in [5.41, 5.74) is 5.00. The Morgan fingerprint density at radius 3 is 2.20 bits per heavy atom. The molecule has 0 nitrogen and oxygen atoms in total. The molecule has 0 N–H and O–H groups in total. The molecule has 78 valence electrons. The second kappa shape index (κ2) is 4.79. The molecule has 0 saturated carbocycles. The average molecular weight is 198 g/mol. The highest BCUT2D eigenvalue weighted by Crippen LogP contribution is 2.41. The number of hydrogen-bond acceptors (Lipinski definition) is 0. The van der Waals surface area contributed by atoms with Gasteiger partial charge in [-0.2, -0.15) is 0 Å². The second-order valence-corrected chi connectivity index (χ2v) is 3.56. The van der Waals surface area contributed by atoms with Gasteiger partial charge in [0.25, 0.3) is 0 Å².